The molecule has 0 aliphatic carbocycles. The van der Waals surface area contributed by atoms with E-state index in [0.29, 0.717) is 0 Å². The molecule has 0 saturated heterocycles. The van der Waals surface area contributed by atoms with Gasteiger partial charge in [0.25, 0.3) is 0 Å². The van der Waals surface area contributed by atoms with Crippen LogP contribution in [0.15, 0.2) is 91.0 Å². The van der Waals surface area contributed by atoms with E-state index >= 15 is 0 Å². The van der Waals surface area contributed by atoms with Crippen LogP contribution < -0.4 is 9.64 Å². The molecule has 136 valence electrons. The van der Waals surface area contributed by atoms with Crippen LogP contribution in [0, 0.1) is 13.8 Å². The number of nitrogens with zero attached hydrogens (tertiary/aromatic N) is 1. The maximum Gasteiger partial charge on any atom is 0.152 e. The quantitative estimate of drug-likeness (QED) is 0.321. The van der Waals surface area contributed by atoms with Crippen LogP contribution in [0.1, 0.15) is 11.1 Å². The lowest BCUT2D eigenvalue weighted by molar-refractivity contribution is 0.477. The number of para-hydroxylation sites is 3. The minimum absolute atomic E-state index is 0.871. The Balaban J connectivity index is 1.66. The average Bonchev–Trinajstić information content (AvgIpc) is 2.74. The van der Waals surface area contributed by atoms with Gasteiger partial charge in [-0.2, -0.15) is 0 Å². The van der Waals surface area contributed by atoms with Gasteiger partial charge in [-0.05, 0) is 72.5 Å². The lowest BCUT2D eigenvalue weighted by Crippen LogP contribution is -2.15. The molecule has 4 aromatic carbocycles. The number of aryl methyl sites for hydroxylation is 2. The fourth-order valence-electron chi connectivity index (χ4n) is 3.71. The molecule has 0 spiro atoms. The second-order valence-corrected chi connectivity index (χ2v) is 7.22. The molecule has 2 heteroatoms. The van der Waals surface area contributed by atoms with Crippen molar-refractivity contribution in [2.45, 2.75) is 13.8 Å². The molecule has 0 unspecified atom stereocenters. The van der Waals surface area contributed by atoms with Gasteiger partial charge in [-0.3, -0.25) is 0 Å². The zero-order valence-electron chi connectivity index (χ0n) is 16.0. The Kier molecular flexibility index (Phi) is 3.91. The van der Waals surface area contributed by atoms with Gasteiger partial charge in [-0.25, -0.2) is 0 Å². The Morgan fingerprint density at radius 1 is 0.571 bits per heavy atom. The standard InChI is InChI=1S/C26H21NO/c1-18-12-13-20(16-19(18)2)21-14-15-24-26(17-21)28-25-11-7-6-10-23(25)27(24)22-8-4-3-5-9-22/h3-17H,1-2H3. The second kappa shape index (κ2) is 6.58. The van der Waals surface area contributed by atoms with Gasteiger partial charge in [0, 0.05) is 5.69 Å². The minimum Gasteiger partial charge on any atom is -0.453 e. The van der Waals surface area contributed by atoms with Crippen molar-refractivity contribution < 1.29 is 4.74 Å². The molecule has 1 aliphatic heterocycles. The van der Waals surface area contributed by atoms with Gasteiger partial charge in [0.05, 0.1) is 11.4 Å². The summed E-state index contributed by atoms with van der Waals surface area (Å²) in [5, 5.41) is 0. The van der Waals surface area contributed by atoms with Gasteiger partial charge in [0.1, 0.15) is 0 Å². The SMILES string of the molecule is Cc1ccc(-c2ccc3c(c2)Oc2ccccc2N3c2ccccc2)cc1C. The summed E-state index contributed by atoms with van der Waals surface area (Å²) in [6.07, 6.45) is 0. The maximum absolute atomic E-state index is 6.30. The van der Waals surface area contributed by atoms with E-state index in [2.05, 4.69) is 85.5 Å². The molecule has 5 rings (SSSR count). The fourth-order valence-corrected chi connectivity index (χ4v) is 3.71. The van der Waals surface area contributed by atoms with Crippen molar-refractivity contribution in [3.63, 3.8) is 0 Å². The molecule has 0 fully saturated rings. The highest BCUT2D eigenvalue weighted by molar-refractivity contribution is 5.87. The number of ether oxygens (including phenoxy) is 1. The van der Waals surface area contributed by atoms with Crippen LogP contribution in [-0.4, -0.2) is 0 Å². The van der Waals surface area contributed by atoms with E-state index in [0.717, 1.165) is 34.1 Å². The molecule has 0 aromatic heterocycles. The van der Waals surface area contributed by atoms with Crippen LogP contribution in [0.2, 0.25) is 0 Å². The van der Waals surface area contributed by atoms with Crippen LogP contribution in [-0.2, 0) is 0 Å². The summed E-state index contributed by atoms with van der Waals surface area (Å²) in [4.78, 5) is 2.26. The summed E-state index contributed by atoms with van der Waals surface area (Å²) < 4.78 is 6.30. The highest BCUT2D eigenvalue weighted by Gasteiger charge is 2.25. The average molecular weight is 363 g/mol. The highest BCUT2D eigenvalue weighted by Crippen LogP contribution is 2.51. The van der Waals surface area contributed by atoms with Crippen molar-refractivity contribution in [2.24, 2.45) is 0 Å². The number of rotatable bonds is 2. The molecular formula is C26H21NO. The van der Waals surface area contributed by atoms with E-state index in [1.807, 2.05) is 24.3 Å². The third-order valence-corrected chi connectivity index (χ3v) is 5.38. The molecule has 2 nitrogen and oxygen atoms in total. The Bertz CT molecular complexity index is 1160. The summed E-state index contributed by atoms with van der Waals surface area (Å²) in [7, 11) is 0. The first-order chi connectivity index (χ1) is 13.7. The normalized spacial score (nSPS) is 12.1. The maximum atomic E-state index is 6.30. The van der Waals surface area contributed by atoms with E-state index in [1.54, 1.807) is 0 Å². The van der Waals surface area contributed by atoms with Crippen LogP contribution in [0.4, 0.5) is 17.1 Å². The Hall–Kier alpha value is -3.52. The van der Waals surface area contributed by atoms with Crippen molar-refractivity contribution >= 4 is 17.1 Å². The Morgan fingerprint density at radius 2 is 1.25 bits per heavy atom. The summed E-state index contributed by atoms with van der Waals surface area (Å²) >= 11 is 0. The molecule has 0 bridgehead atoms. The number of anilines is 3. The van der Waals surface area contributed by atoms with Crippen molar-refractivity contribution in [3.8, 4) is 22.6 Å². The molecule has 4 aromatic rings. The molecule has 1 aliphatic rings. The summed E-state index contributed by atoms with van der Waals surface area (Å²) in [5.74, 6) is 1.74. The van der Waals surface area contributed by atoms with Gasteiger partial charge in [0.2, 0.25) is 0 Å². The number of fused-ring (bicyclic) bond motifs is 2. The van der Waals surface area contributed by atoms with Crippen LogP contribution in [0.25, 0.3) is 11.1 Å². The predicted octanol–water partition coefficient (Wildman–Crippen LogP) is 7.55. The van der Waals surface area contributed by atoms with E-state index < -0.39 is 0 Å². The minimum atomic E-state index is 0.871. The largest absolute Gasteiger partial charge is 0.453 e. The molecule has 1 heterocycles. The van der Waals surface area contributed by atoms with E-state index in [-0.39, 0.29) is 0 Å². The molecule has 0 atom stereocenters. The number of benzene rings is 4. The third-order valence-electron chi connectivity index (χ3n) is 5.38. The van der Waals surface area contributed by atoms with Gasteiger partial charge in [-0.15, -0.1) is 0 Å². The van der Waals surface area contributed by atoms with Crippen molar-refractivity contribution in [1.29, 1.82) is 0 Å². The highest BCUT2D eigenvalue weighted by atomic mass is 16.5. The zero-order chi connectivity index (χ0) is 19.1. The summed E-state index contributed by atoms with van der Waals surface area (Å²) in [6.45, 7) is 4.30. The Labute approximate surface area is 165 Å². The van der Waals surface area contributed by atoms with Gasteiger partial charge < -0.3 is 9.64 Å². The topological polar surface area (TPSA) is 12.5 Å². The Morgan fingerprint density at radius 3 is 2.07 bits per heavy atom. The molecule has 0 amide bonds. The first-order valence-corrected chi connectivity index (χ1v) is 9.54. The van der Waals surface area contributed by atoms with Crippen molar-refractivity contribution in [2.75, 3.05) is 4.90 Å². The first-order valence-electron chi connectivity index (χ1n) is 9.54. The fraction of sp³-hybridized carbons (Fsp3) is 0.0769. The van der Waals surface area contributed by atoms with E-state index in [4.69, 9.17) is 4.74 Å². The second-order valence-electron chi connectivity index (χ2n) is 7.22. The summed E-state index contributed by atoms with van der Waals surface area (Å²) in [6, 6.07) is 31.7. The first kappa shape index (κ1) is 16.6. The molecule has 0 radical (unpaired) electrons. The molecule has 0 N–H and O–H groups in total. The van der Waals surface area contributed by atoms with E-state index in [1.165, 1.54) is 16.7 Å². The lowest BCUT2D eigenvalue weighted by atomic mass is 9.99. The van der Waals surface area contributed by atoms with Crippen LogP contribution in [0.3, 0.4) is 0 Å². The molecular weight excluding hydrogens is 342 g/mol. The van der Waals surface area contributed by atoms with Crippen LogP contribution in [0.5, 0.6) is 11.5 Å². The van der Waals surface area contributed by atoms with Crippen molar-refractivity contribution in [3.05, 3.63) is 102 Å². The van der Waals surface area contributed by atoms with Gasteiger partial charge >= 0.3 is 0 Å². The number of hydrogen-bond donors (Lipinski definition) is 0. The zero-order valence-corrected chi connectivity index (χ0v) is 16.0. The number of hydrogen-bond acceptors (Lipinski definition) is 2. The smallest absolute Gasteiger partial charge is 0.152 e. The summed E-state index contributed by atoms with van der Waals surface area (Å²) in [5.41, 5.74) is 8.21. The lowest BCUT2D eigenvalue weighted by Gasteiger charge is -2.33. The molecule has 28 heavy (non-hydrogen) atoms. The monoisotopic (exact) mass is 363 g/mol. The molecule has 0 saturated carbocycles. The van der Waals surface area contributed by atoms with E-state index in [9.17, 15) is 0 Å². The predicted molar refractivity (Wildman–Crippen MR) is 116 cm³/mol. The van der Waals surface area contributed by atoms with Crippen LogP contribution >= 0.6 is 0 Å². The van der Waals surface area contributed by atoms with Gasteiger partial charge in [0.15, 0.2) is 11.5 Å². The third kappa shape index (κ3) is 2.74. The van der Waals surface area contributed by atoms with Gasteiger partial charge in [-0.1, -0.05) is 54.6 Å². The van der Waals surface area contributed by atoms with Crippen molar-refractivity contribution in [1.82, 2.24) is 0 Å².